The number of fused-ring (bicyclic) bond motifs is 9. The van der Waals surface area contributed by atoms with E-state index < -0.39 is 0 Å². The minimum Gasteiger partial charge on any atom is -0.306 e. The van der Waals surface area contributed by atoms with Crippen molar-refractivity contribution in [3.05, 3.63) is 218 Å². The number of nitrogens with zero attached hydrogens (tertiary/aromatic N) is 4. The van der Waals surface area contributed by atoms with Crippen molar-refractivity contribution >= 4 is 121 Å². The first-order valence-corrected chi connectivity index (χ1v) is 21.6. The van der Waals surface area contributed by atoms with Crippen LogP contribution in [-0.4, -0.2) is 0 Å². The second kappa shape index (κ2) is 13.3. The molecule has 10 aromatic carbocycles. The maximum atomic E-state index is 2.46. The number of hydrogen-bond acceptors (Lipinski definition) is 5. The van der Waals surface area contributed by atoms with Gasteiger partial charge in [0.2, 0.25) is 0 Å². The summed E-state index contributed by atoms with van der Waals surface area (Å²) in [5.41, 5.74) is 13.8. The molecule has 4 nitrogen and oxygen atoms in total. The molecular formula is C56H36N4S. The molecule has 13 rings (SSSR count). The molecule has 0 fully saturated rings. The molecule has 2 aliphatic heterocycles. The summed E-state index contributed by atoms with van der Waals surface area (Å²) in [5.74, 6) is 0. The topological polar surface area (TPSA) is 13.0 Å². The molecule has 5 heteroatoms. The van der Waals surface area contributed by atoms with Crippen molar-refractivity contribution < 1.29 is 0 Å². The van der Waals surface area contributed by atoms with E-state index in [0.29, 0.717) is 0 Å². The predicted octanol–water partition coefficient (Wildman–Crippen LogP) is 16.9. The van der Waals surface area contributed by atoms with E-state index in [1.807, 2.05) is 11.3 Å². The Labute approximate surface area is 357 Å². The molecule has 0 amide bonds. The van der Waals surface area contributed by atoms with Gasteiger partial charge in [0, 0.05) is 42.9 Å². The van der Waals surface area contributed by atoms with E-state index in [1.165, 1.54) is 53.1 Å². The average Bonchev–Trinajstić information content (AvgIpc) is 3.68. The quantitative estimate of drug-likeness (QED) is 0.164. The molecule has 0 atom stereocenters. The van der Waals surface area contributed by atoms with Gasteiger partial charge in [-0.25, -0.2) is 0 Å². The second-order valence-corrected chi connectivity index (χ2v) is 16.9. The standard InChI is InChI=1S/C56H36N4S/c1-3-15-41(16-4-1)57-47-20-8-11-23-50(47)59(51-24-12-9-21-48(51)57)43-29-27-37-32-40-34-44(30-28-38(40)31-39(37)33-43)60-52-25-13-10-22-49(52)58(42-17-5-2-6-18-42)53-35-46-45-19-7-14-26-55(45)61-56(46)36-54(53)60/h1-36H. The summed E-state index contributed by atoms with van der Waals surface area (Å²) in [7, 11) is 0. The van der Waals surface area contributed by atoms with Crippen molar-refractivity contribution in [1.82, 2.24) is 0 Å². The number of rotatable bonds is 4. The van der Waals surface area contributed by atoms with Gasteiger partial charge in [0.1, 0.15) is 0 Å². The van der Waals surface area contributed by atoms with Crippen molar-refractivity contribution in [1.29, 1.82) is 0 Å². The van der Waals surface area contributed by atoms with Gasteiger partial charge in [0.15, 0.2) is 0 Å². The van der Waals surface area contributed by atoms with Crippen LogP contribution in [0.15, 0.2) is 218 Å². The van der Waals surface area contributed by atoms with Crippen LogP contribution in [0.25, 0.3) is 41.7 Å². The van der Waals surface area contributed by atoms with E-state index >= 15 is 0 Å². The van der Waals surface area contributed by atoms with Crippen LogP contribution in [-0.2, 0) is 0 Å². The van der Waals surface area contributed by atoms with E-state index in [9.17, 15) is 0 Å². The molecule has 0 unspecified atom stereocenters. The Morgan fingerprint density at radius 1 is 0.230 bits per heavy atom. The minimum absolute atomic E-state index is 1.13. The van der Waals surface area contributed by atoms with Crippen LogP contribution < -0.4 is 19.6 Å². The minimum atomic E-state index is 1.13. The Hall–Kier alpha value is -7.86. The van der Waals surface area contributed by atoms with E-state index in [0.717, 1.165) is 56.9 Å². The third-order valence-corrected chi connectivity index (χ3v) is 13.5. The van der Waals surface area contributed by atoms with Crippen molar-refractivity contribution in [2.75, 3.05) is 19.6 Å². The van der Waals surface area contributed by atoms with Crippen LogP contribution in [0.1, 0.15) is 0 Å². The van der Waals surface area contributed by atoms with Gasteiger partial charge >= 0.3 is 0 Å². The molecule has 0 saturated heterocycles. The maximum Gasteiger partial charge on any atom is 0.0717 e. The van der Waals surface area contributed by atoms with Gasteiger partial charge in [-0.1, -0.05) is 103 Å². The second-order valence-electron chi connectivity index (χ2n) is 15.8. The summed E-state index contributed by atoms with van der Waals surface area (Å²) in [4.78, 5) is 9.67. The predicted molar refractivity (Wildman–Crippen MR) is 260 cm³/mol. The fourth-order valence-electron chi connectivity index (χ4n) is 9.67. The van der Waals surface area contributed by atoms with Crippen molar-refractivity contribution in [3.8, 4) is 0 Å². The third kappa shape index (κ3) is 5.24. The van der Waals surface area contributed by atoms with Crippen LogP contribution in [0.5, 0.6) is 0 Å². The fourth-order valence-corrected chi connectivity index (χ4v) is 10.8. The molecule has 0 aliphatic carbocycles. The Balaban J connectivity index is 0.948. The molecule has 286 valence electrons. The molecule has 0 spiro atoms. The van der Waals surface area contributed by atoms with E-state index in [2.05, 4.69) is 238 Å². The Kier molecular flexibility index (Phi) is 7.44. The van der Waals surface area contributed by atoms with E-state index in [4.69, 9.17) is 0 Å². The van der Waals surface area contributed by atoms with Crippen LogP contribution in [0.2, 0.25) is 0 Å². The summed E-state index contributed by atoms with van der Waals surface area (Å²) >= 11 is 1.87. The Morgan fingerprint density at radius 3 is 1.13 bits per heavy atom. The van der Waals surface area contributed by atoms with Gasteiger partial charge in [-0.2, -0.15) is 0 Å². The zero-order valence-electron chi connectivity index (χ0n) is 33.0. The van der Waals surface area contributed by atoms with Gasteiger partial charge in [-0.15, -0.1) is 11.3 Å². The summed E-state index contributed by atoms with van der Waals surface area (Å²) in [6, 6.07) is 79.8. The largest absolute Gasteiger partial charge is 0.306 e. The smallest absolute Gasteiger partial charge is 0.0717 e. The fraction of sp³-hybridized carbons (Fsp3) is 0. The van der Waals surface area contributed by atoms with Crippen LogP contribution in [0, 0.1) is 0 Å². The molecule has 2 aliphatic rings. The molecule has 0 saturated carbocycles. The molecule has 0 bridgehead atoms. The molecule has 3 heterocycles. The lowest BCUT2D eigenvalue weighted by Gasteiger charge is -2.40. The molecule has 11 aromatic rings. The van der Waals surface area contributed by atoms with Gasteiger partial charge in [0.05, 0.1) is 45.5 Å². The van der Waals surface area contributed by atoms with Gasteiger partial charge in [-0.3, -0.25) is 0 Å². The van der Waals surface area contributed by atoms with Crippen molar-refractivity contribution in [2.45, 2.75) is 0 Å². The number of thiophene rings is 1. The number of hydrogen-bond donors (Lipinski definition) is 0. The lowest BCUT2D eigenvalue weighted by molar-refractivity contribution is 1.17. The molecule has 0 radical (unpaired) electrons. The molecule has 0 N–H and O–H groups in total. The highest BCUT2D eigenvalue weighted by Crippen LogP contribution is 2.57. The normalized spacial score (nSPS) is 13.1. The zero-order chi connectivity index (χ0) is 40.0. The van der Waals surface area contributed by atoms with Crippen molar-refractivity contribution in [3.63, 3.8) is 0 Å². The third-order valence-electron chi connectivity index (χ3n) is 12.4. The Bertz CT molecular complexity index is 3480. The first-order chi connectivity index (χ1) is 30.2. The van der Waals surface area contributed by atoms with E-state index in [-0.39, 0.29) is 0 Å². The van der Waals surface area contributed by atoms with Gasteiger partial charge < -0.3 is 19.6 Å². The molecule has 61 heavy (non-hydrogen) atoms. The van der Waals surface area contributed by atoms with Gasteiger partial charge in [0.25, 0.3) is 0 Å². The first-order valence-electron chi connectivity index (χ1n) is 20.8. The van der Waals surface area contributed by atoms with Crippen LogP contribution >= 0.6 is 11.3 Å². The summed E-state index contributed by atoms with van der Waals surface area (Å²) < 4.78 is 2.59. The summed E-state index contributed by atoms with van der Waals surface area (Å²) in [6.45, 7) is 0. The van der Waals surface area contributed by atoms with Gasteiger partial charge in [-0.05, 0) is 137 Å². The SMILES string of the molecule is c1ccc(N2c3ccccc3N(c3ccc4cc5cc(N6c7ccccc7N(c7ccccc7)c7cc8c(cc76)sc6ccccc68)ccc5cc4c3)c3ccccc32)cc1. The number of para-hydroxylation sites is 8. The zero-order valence-corrected chi connectivity index (χ0v) is 33.8. The maximum absolute atomic E-state index is 2.46. The van der Waals surface area contributed by atoms with Crippen LogP contribution in [0.3, 0.4) is 0 Å². The highest BCUT2D eigenvalue weighted by Gasteiger charge is 2.33. The highest BCUT2D eigenvalue weighted by atomic mass is 32.1. The lowest BCUT2D eigenvalue weighted by atomic mass is 9.99. The number of benzene rings is 10. The number of anilines is 12. The van der Waals surface area contributed by atoms with E-state index in [1.54, 1.807) is 0 Å². The van der Waals surface area contributed by atoms with Crippen LogP contribution in [0.4, 0.5) is 68.2 Å². The lowest BCUT2D eigenvalue weighted by Crippen LogP contribution is -2.23. The summed E-state index contributed by atoms with van der Waals surface area (Å²) in [5, 5.41) is 7.41. The first kappa shape index (κ1) is 34.0. The highest BCUT2D eigenvalue weighted by molar-refractivity contribution is 7.25. The van der Waals surface area contributed by atoms with Crippen molar-refractivity contribution in [2.24, 2.45) is 0 Å². The molecule has 1 aromatic heterocycles. The summed E-state index contributed by atoms with van der Waals surface area (Å²) in [6.07, 6.45) is 0. The monoisotopic (exact) mass is 796 g/mol. The molecular weight excluding hydrogens is 761 g/mol. The Morgan fingerprint density at radius 2 is 0.623 bits per heavy atom. The average molecular weight is 797 g/mol.